The predicted molar refractivity (Wildman–Crippen MR) is 89.7 cm³/mol. The zero-order valence-corrected chi connectivity index (χ0v) is 15.1. The molecular weight excluding hydrogens is 352 g/mol. The minimum Gasteiger partial charge on any atom is -0.403 e. The summed E-state index contributed by atoms with van der Waals surface area (Å²) in [7, 11) is 4.07. The molecule has 2 rings (SSSR count). The molecule has 0 aromatic heterocycles. The van der Waals surface area contributed by atoms with Gasteiger partial charge in [-0.3, -0.25) is 4.79 Å². The maximum atomic E-state index is 14.0. The number of benzene rings is 1. The van der Waals surface area contributed by atoms with Crippen molar-refractivity contribution in [1.29, 1.82) is 0 Å². The van der Waals surface area contributed by atoms with Gasteiger partial charge in [0.25, 0.3) is 0 Å². The van der Waals surface area contributed by atoms with Crippen molar-refractivity contribution < 1.29 is 27.1 Å². The predicted octanol–water partition coefficient (Wildman–Crippen LogP) is 3.42. The Morgan fingerprint density at radius 3 is 2.38 bits per heavy atom. The molecule has 0 bridgehead atoms. The summed E-state index contributed by atoms with van der Waals surface area (Å²) < 4.78 is 54.4. The highest BCUT2D eigenvalue weighted by atomic mass is 19.4. The number of likely N-dealkylation sites (tertiary alicyclic amines) is 1. The lowest BCUT2D eigenvalue weighted by Crippen LogP contribution is -2.43. The summed E-state index contributed by atoms with van der Waals surface area (Å²) in [6.45, 7) is 3.48. The number of alkyl halides is 3. The first-order chi connectivity index (χ1) is 12.1. The highest BCUT2D eigenvalue weighted by Gasteiger charge is 2.33. The number of ketones is 1. The summed E-state index contributed by atoms with van der Waals surface area (Å²) in [6.07, 6.45) is -3.01. The standard InChI is InChI=1S/C18H24F4N2O2/c1-12(25)15(11-24-8-6-14(7-9-24)23(2)3)13-4-5-17(16(19)10-13)26-18(20,21)22/h4-5,10,14-15H,6-9,11H2,1-3H3/t15-/m0/s1. The fraction of sp³-hybridized carbons (Fsp3) is 0.611. The minimum atomic E-state index is -4.96. The number of piperidine rings is 1. The van der Waals surface area contributed by atoms with Crippen molar-refractivity contribution in [2.24, 2.45) is 0 Å². The number of carbonyl (C=O) groups is 1. The van der Waals surface area contributed by atoms with E-state index in [1.165, 1.54) is 13.0 Å². The Kier molecular flexibility index (Phi) is 6.63. The van der Waals surface area contributed by atoms with Crippen LogP contribution in [-0.4, -0.2) is 61.7 Å². The van der Waals surface area contributed by atoms with E-state index in [1.807, 2.05) is 14.1 Å². The van der Waals surface area contributed by atoms with E-state index < -0.39 is 23.8 Å². The van der Waals surface area contributed by atoms with Crippen LogP contribution in [0.3, 0.4) is 0 Å². The maximum Gasteiger partial charge on any atom is 0.573 e. The Hall–Kier alpha value is -1.67. The largest absolute Gasteiger partial charge is 0.573 e. The van der Waals surface area contributed by atoms with E-state index in [1.54, 1.807) is 0 Å². The number of carbonyl (C=O) groups excluding carboxylic acids is 1. The van der Waals surface area contributed by atoms with Crippen LogP contribution in [0.1, 0.15) is 31.2 Å². The van der Waals surface area contributed by atoms with Gasteiger partial charge in [-0.15, -0.1) is 13.2 Å². The van der Waals surface area contributed by atoms with E-state index in [4.69, 9.17) is 0 Å². The van der Waals surface area contributed by atoms with E-state index in [-0.39, 0.29) is 5.78 Å². The van der Waals surface area contributed by atoms with Gasteiger partial charge in [-0.25, -0.2) is 4.39 Å². The van der Waals surface area contributed by atoms with Gasteiger partial charge in [0.15, 0.2) is 11.6 Å². The Balaban J connectivity index is 2.08. The number of hydrogen-bond donors (Lipinski definition) is 0. The summed E-state index contributed by atoms with van der Waals surface area (Å²) in [5, 5.41) is 0. The SMILES string of the molecule is CC(=O)[C@H](CN1CCC(N(C)C)CC1)c1ccc(OC(F)(F)F)c(F)c1. The Morgan fingerprint density at radius 2 is 1.92 bits per heavy atom. The molecule has 8 heteroatoms. The molecule has 0 aliphatic carbocycles. The van der Waals surface area contributed by atoms with Crippen LogP contribution in [-0.2, 0) is 4.79 Å². The lowest BCUT2D eigenvalue weighted by Gasteiger charge is -2.36. The van der Waals surface area contributed by atoms with Gasteiger partial charge in [0.1, 0.15) is 5.78 Å². The number of rotatable bonds is 6. The van der Waals surface area contributed by atoms with Crippen LogP contribution in [0.5, 0.6) is 5.75 Å². The van der Waals surface area contributed by atoms with E-state index in [9.17, 15) is 22.4 Å². The average molecular weight is 376 g/mol. The molecule has 1 aliphatic rings. The normalized spacial score (nSPS) is 18.2. The van der Waals surface area contributed by atoms with Crippen LogP contribution < -0.4 is 4.74 Å². The molecule has 0 N–H and O–H groups in total. The van der Waals surface area contributed by atoms with Crippen molar-refractivity contribution in [2.45, 2.75) is 38.1 Å². The molecular formula is C18H24F4N2O2. The first-order valence-corrected chi connectivity index (χ1v) is 8.51. The summed E-state index contributed by atoms with van der Waals surface area (Å²) in [5.41, 5.74) is 0.360. The van der Waals surface area contributed by atoms with E-state index in [0.29, 0.717) is 18.2 Å². The summed E-state index contributed by atoms with van der Waals surface area (Å²) in [4.78, 5) is 16.4. The second-order valence-corrected chi connectivity index (χ2v) is 6.90. The van der Waals surface area contributed by atoms with Crippen LogP contribution in [0.4, 0.5) is 17.6 Å². The molecule has 0 unspecified atom stereocenters. The molecule has 1 saturated heterocycles. The van der Waals surface area contributed by atoms with Crippen LogP contribution in [0, 0.1) is 5.82 Å². The van der Waals surface area contributed by atoms with Crippen molar-refractivity contribution in [3.05, 3.63) is 29.6 Å². The summed E-state index contributed by atoms with van der Waals surface area (Å²) in [6, 6.07) is 3.70. The van der Waals surface area contributed by atoms with Gasteiger partial charge in [0.05, 0.1) is 5.92 Å². The van der Waals surface area contributed by atoms with Gasteiger partial charge in [-0.1, -0.05) is 6.07 Å². The fourth-order valence-electron chi connectivity index (χ4n) is 3.29. The van der Waals surface area contributed by atoms with E-state index >= 15 is 0 Å². The van der Waals surface area contributed by atoms with Crippen molar-refractivity contribution in [3.63, 3.8) is 0 Å². The first kappa shape index (κ1) is 20.6. The topological polar surface area (TPSA) is 32.8 Å². The van der Waals surface area contributed by atoms with Crippen molar-refractivity contribution in [2.75, 3.05) is 33.7 Å². The molecule has 0 spiro atoms. The number of nitrogens with zero attached hydrogens (tertiary/aromatic N) is 2. The molecule has 1 aromatic carbocycles. The average Bonchev–Trinajstić information content (AvgIpc) is 2.53. The third-order valence-electron chi connectivity index (χ3n) is 4.80. The molecule has 1 aliphatic heterocycles. The molecule has 1 fully saturated rings. The van der Waals surface area contributed by atoms with Crippen molar-refractivity contribution in [3.8, 4) is 5.75 Å². The number of Topliss-reactive ketones (excluding diaryl/α,β-unsaturated/α-hetero) is 1. The maximum absolute atomic E-state index is 14.0. The van der Waals surface area contributed by atoms with Gasteiger partial charge in [-0.2, -0.15) is 0 Å². The van der Waals surface area contributed by atoms with Gasteiger partial charge >= 0.3 is 6.36 Å². The minimum absolute atomic E-state index is 0.149. The third-order valence-corrected chi connectivity index (χ3v) is 4.80. The first-order valence-electron chi connectivity index (χ1n) is 8.51. The zero-order valence-electron chi connectivity index (χ0n) is 15.1. The fourth-order valence-corrected chi connectivity index (χ4v) is 3.29. The highest BCUT2D eigenvalue weighted by Crippen LogP contribution is 2.29. The molecule has 1 aromatic rings. The number of hydrogen-bond acceptors (Lipinski definition) is 4. The number of ether oxygens (including phenoxy) is 1. The van der Waals surface area contributed by atoms with Gasteiger partial charge in [0, 0.05) is 12.6 Å². The summed E-state index contributed by atoms with van der Waals surface area (Å²) in [5.74, 6) is -2.75. The Morgan fingerprint density at radius 1 is 1.31 bits per heavy atom. The van der Waals surface area contributed by atoms with Crippen LogP contribution >= 0.6 is 0 Å². The molecule has 26 heavy (non-hydrogen) atoms. The van der Waals surface area contributed by atoms with Crippen LogP contribution in [0.25, 0.3) is 0 Å². The molecule has 0 radical (unpaired) electrons. The molecule has 0 amide bonds. The lowest BCUT2D eigenvalue weighted by molar-refractivity contribution is -0.275. The van der Waals surface area contributed by atoms with Crippen LogP contribution in [0.15, 0.2) is 18.2 Å². The second-order valence-electron chi connectivity index (χ2n) is 6.90. The summed E-state index contributed by atoms with van der Waals surface area (Å²) >= 11 is 0. The van der Waals surface area contributed by atoms with Gasteiger partial charge < -0.3 is 14.5 Å². The number of halogens is 4. The van der Waals surface area contributed by atoms with Crippen molar-refractivity contribution >= 4 is 5.78 Å². The monoisotopic (exact) mass is 376 g/mol. The van der Waals surface area contributed by atoms with E-state index in [0.717, 1.165) is 38.1 Å². The second kappa shape index (κ2) is 8.35. The van der Waals surface area contributed by atoms with Gasteiger partial charge in [0.2, 0.25) is 0 Å². The van der Waals surface area contributed by atoms with Gasteiger partial charge in [-0.05, 0) is 64.6 Å². The molecule has 1 heterocycles. The smallest absolute Gasteiger partial charge is 0.403 e. The molecule has 1 atom stereocenters. The Labute approximate surface area is 150 Å². The third kappa shape index (κ3) is 5.67. The molecule has 0 saturated carbocycles. The van der Waals surface area contributed by atoms with Crippen molar-refractivity contribution in [1.82, 2.24) is 9.80 Å². The van der Waals surface area contributed by atoms with E-state index in [2.05, 4.69) is 14.5 Å². The molecule has 146 valence electrons. The zero-order chi connectivity index (χ0) is 19.5. The van der Waals surface area contributed by atoms with Crippen LogP contribution in [0.2, 0.25) is 0 Å². The lowest BCUT2D eigenvalue weighted by atomic mass is 9.93. The highest BCUT2D eigenvalue weighted by molar-refractivity contribution is 5.83. The molecule has 4 nitrogen and oxygen atoms in total. The quantitative estimate of drug-likeness (QED) is 0.713. The Bertz CT molecular complexity index is 626.